The van der Waals surface area contributed by atoms with Crippen LogP contribution in [0.5, 0.6) is 0 Å². The number of rotatable bonds is 7. The third kappa shape index (κ3) is 4.48. The summed E-state index contributed by atoms with van der Waals surface area (Å²) in [4.78, 5) is 33.1. The molecule has 0 fully saturated rings. The summed E-state index contributed by atoms with van der Waals surface area (Å²) in [5.41, 5.74) is 4.92. The van der Waals surface area contributed by atoms with Crippen LogP contribution in [0.1, 0.15) is 5.56 Å². The van der Waals surface area contributed by atoms with E-state index in [1.165, 1.54) is 23.1 Å². The van der Waals surface area contributed by atoms with Gasteiger partial charge in [-0.2, -0.15) is 0 Å². The molecule has 1 aromatic rings. The highest BCUT2D eigenvalue weighted by atomic mass is 35.5. The van der Waals surface area contributed by atoms with Crippen LogP contribution in [-0.4, -0.2) is 39.9 Å². The van der Waals surface area contributed by atoms with Gasteiger partial charge in [-0.3, -0.25) is 24.6 Å². The highest BCUT2D eigenvalue weighted by Crippen LogP contribution is 2.27. The molecule has 1 rings (SSSR count). The van der Waals surface area contributed by atoms with Gasteiger partial charge in [0.1, 0.15) is 0 Å². The quantitative estimate of drug-likeness (QED) is 0.561. The zero-order valence-electron chi connectivity index (χ0n) is 10.3. The van der Waals surface area contributed by atoms with E-state index < -0.39 is 23.3 Å². The Morgan fingerprint density at radius 1 is 1.40 bits per heavy atom. The maximum absolute atomic E-state index is 10.9. The van der Waals surface area contributed by atoms with E-state index in [2.05, 4.69) is 0 Å². The predicted molar refractivity (Wildman–Crippen MR) is 70.2 cm³/mol. The van der Waals surface area contributed by atoms with Crippen LogP contribution in [0.3, 0.4) is 0 Å². The molecule has 20 heavy (non-hydrogen) atoms. The van der Waals surface area contributed by atoms with Crippen molar-refractivity contribution in [1.29, 1.82) is 0 Å². The van der Waals surface area contributed by atoms with E-state index in [1.54, 1.807) is 0 Å². The minimum Gasteiger partial charge on any atom is -0.480 e. The maximum Gasteiger partial charge on any atom is 0.317 e. The number of carbonyl (C=O) groups is 2. The second-order valence-electron chi connectivity index (χ2n) is 4.00. The molecular weight excluding hydrogens is 290 g/mol. The Morgan fingerprint density at radius 2 is 2.05 bits per heavy atom. The number of amides is 1. The van der Waals surface area contributed by atoms with E-state index in [0.29, 0.717) is 0 Å². The molecule has 0 saturated carbocycles. The van der Waals surface area contributed by atoms with E-state index in [9.17, 15) is 19.7 Å². The molecule has 1 amide bonds. The Balaban J connectivity index is 3.06. The standard InChI is InChI=1S/C11H12ClN3O5/c12-8-2-1-3-9(15(19)20)7(8)4-14(5-10(13)16)6-11(17)18/h1-3H,4-6H2,(H2,13,16)(H,17,18). The smallest absolute Gasteiger partial charge is 0.317 e. The monoisotopic (exact) mass is 301 g/mol. The van der Waals surface area contributed by atoms with E-state index in [4.69, 9.17) is 22.4 Å². The fourth-order valence-corrected chi connectivity index (χ4v) is 1.91. The van der Waals surface area contributed by atoms with Gasteiger partial charge in [0.2, 0.25) is 5.91 Å². The number of nitrogens with zero attached hydrogens (tertiary/aromatic N) is 2. The number of hydrogen-bond acceptors (Lipinski definition) is 5. The molecule has 0 aromatic heterocycles. The number of nitro benzene ring substituents is 1. The highest BCUT2D eigenvalue weighted by molar-refractivity contribution is 6.31. The van der Waals surface area contributed by atoms with Gasteiger partial charge in [0, 0.05) is 12.6 Å². The molecule has 0 aliphatic rings. The van der Waals surface area contributed by atoms with Gasteiger partial charge in [0.05, 0.1) is 28.6 Å². The van der Waals surface area contributed by atoms with Gasteiger partial charge in [0.15, 0.2) is 0 Å². The van der Waals surface area contributed by atoms with Crippen LogP contribution in [0.4, 0.5) is 5.69 Å². The van der Waals surface area contributed by atoms with E-state index in [-0.39, 0.29) is 29.4 Å². The summed E-state index contributed by atoms with van der Waals surface area (Å²) in [6.07, 6.45) is 0. The van der Waals surface area contributed by atoms with Crippen molar-refractivity contribution in [3.63, 3.8) is 0 Å². The Morgan fingerprint density at radius 3 is 2.55 bits per heavy atom. The van der Waals surface area contributed by atoms with Crippen molar-refractivity contribution in [3.05, 3.63) is 38.9 Å². The van der Waals surface area contributed by atoms with Crippen LogP contribution in [0.25, 0.3) is 0 Å². The molecule has 9 heteroatoms. The topological polar surface area (TPSA) is 127 Å². The van der Waals surface area contributed by atoms with Gasteiger partial charge in [-0.15, -0.1) is 0 Å². The lowest BCUT2D eigenvalue weighted by molar-refractivity contribution is -0.385. The van der Waals surface area contributed by atoms with Crippen molar-refractivity contribution in [1.82, 2.24) is 4.90 Å². The van der Waals surface area contributed by atoms with Crippen LogP contribution < -0.4 is 5.73 Å². The maximum atomic E-state index is 10.9. The minimum absolute atomic E-state index is 0.124. The average Bonchev–Trinajstić information content (AvgIpc) is 2.29. The molecule has 1 aromatic carbocycles. The van der Waals surface area contributed by atoms with Crippen molar-refractivity contribution < 1.29 is 19.6 Å². The van der Waals surface area contributed by atoms with Crippen molar-refractivity contribution in [2.24, 2.45) is 5.73 Å². The predicted octanol–water partition coefficient (Wildman–Crippen LogP) is 0.620. The first-order valence-corrected chi connectivity index (χ1v) is 5.83. The lowest BCUT2D eigenvalue weighted by atomic mass is 10.1. The number of hydrogen-bond donors (Lipinski definition) is 2. The molecule has 8 nitrogen and oxygen atoms in total. The Hall–Kier alpha value is -2.19. The summed E-state index contributed by atoms with van der Waals surface area (Å²) in [6, 6.07) is 4.12. The molecule has 0 atom stereocenters. The summed E-state index contributed by atoms with van der Waals surface area (Å²) >= 11 is 5.90. The van der Waals surface area contributed by atoms with Gasteiger partial charge < -0.3 is 10.8 Å². The molecule has 0 radical (unpaired) electrons. The fourth-order valence-electron chi connectivity index (χ4n) is 1.68. The summed E-state index contributed by atoms with van der Waals surface area (Å²) in [6.45, 7) is -0.981. The number of halogens is 1. The number of nitrogens with two attached hydrogens (primary N) is 1. The van der Waals surface area contributed by atoms with E-state index in [0.717, 1.165) is 0 Å². The van der Waals surface area contributed by atoms with Crippen molar-refractivity contribution >= 4 is 29.2 Å². The summed E-state index contributed by atoms with van der Waals surface area (Å²) in [5, 5.41) is 19.8. The molecule has 0 spiro atoms. The van der Waals surface area contributed by atoms with Gasteiger partial charge in [-0.05, 0) is 6.07 Å². The van der Waals surface area contributed by atoms with Gasteiger partial charge in [-0.25, -0.2) is 0 Å². The first-order chi connectivity index (χ1) is 9.31. The molecular formula is C11H12ClN3O5. The number of nitro groups is 1. The summed E-state index contributed by atoms with van der Waals surface area (Å²) < 4.78 is 0. The second kappa shape index (κ2) is 6.83. The number of primary amides is 1. The molecule has 0 saturated heterocycles. The zero-order valence-corrected chi connectivity index (χ0v) is 11.0. The first-order valence-electron chi connectivity index (χ1n) is 5.45. The number of carboxylic acids is 1. The summed E-state index contributed by atoms with van der Waals surface area (Å²) in [7, 11) is 0. The SMILES string of the molecule is NC(=O)CN(CC(=O)O)Cc1c(Cl)cccc1[N+](=O)[O-]. The van der Waals surface area contributed by atoms with Crippen LogP contribution in [0.15, 0.2) is 18.2 Å². The highest BCUT2D eigenvalue weighted by Gasteiger charge is 2.21. The van der Waals surface area contributed by atoms with Crippen molar-refractivity contribution in [3.8, 4) is 0 Å². The van der Waals surface area contributed by atoms with Crippen molar-refractivity contribution in [2.75, 3.05) is 13.1 Å². The molecule has 0 bridgehead atoms. The molecule has 0 aliphatic heterocycles. The number of carboxylic acid groups (broad SMARTS) is 1. The Bertz CT molecular complexity index is 533. The molecule has 108 valence electrons. The lowest BCUT2D eigenvalue weighted by Gasteiger charge is -2.19. The van der Waals surface area contributed by atoms with Gasteiger partial charge in [0.25, 0.3) is 5.69 Å². The van der Waals surface area contributed by atoms with Crippen LogP contribution in [-0.2, 0) is 16.1 Å². The fraction of sp³-hybridized carbons (Fsp3) is 0.273. The van der Waals surface area contributed by atoms with Gasteiger partial charge in [-0.1, -0.05) is 17.7 Å². The Labute approximate surface area is 118 Å². The Kier molecular flexibility index (Phi) is 5.42. The third-order valence-electron chi connectivity index (χ3n) is 2.41. The second-order valence-corrected chi connectivity index (χ2v) is 4.41. The molecule has 0 aliphatic carbocycles. The van der Waals surface area contributed by atoms with E-state index >= 15 is 0 Å². The van der Waals surface area contributed by atoms with Crippen LogP contribution in [0, 0.1) is 10.1 Å². The van der Waals surface area contributed by atoms with Crippen molar-refractivity contribution in [2.45, 2.75) is 6.54 Å². The number of aliphatic carboxylic acids is 1. The lowest BCUT2D eigenvalue weighted by Crippen LogP contribution is -2.37. The molecule has 0 unspecified atom stereocenters. The third-order valence-corrected chi connectivity index (χ3v) is 2.76. The summed E-state index contributed by atoms with van der Waals surface area (Å²) in [5.74, 6) is -1.91. The first kappa shape index (κ1) is 15.9. The number of carbonyl (C=O) groups excluding carboxylic acids is 1. The van der Waals surface area contributed by atoms with E-state index in [1.807, 2.05) is 0 Å². The normalized spacial score (nSPS) is 10.5. The molecule has 0 heterocycles. The zero-order chi connectivity index (χ0) is 15.3. The molecule has 3 N–H and O–H groups in total. The van der Waals surface area contributed by atoms with Crippen LogP contribution in [0.2, 0.25) is 5.02 Å². The van der Waals surface area contributed by atoms with Crippen LogP contribution >= 0.6 is 11.6 Å². The minimum atomic E-state index is -1.18. The number of benzene rings is 1. The average molecular weight is 302 g/mol. The van der Waals surface area contributed by atoms with Gasteiger partial charge >= 0.3 is 5.97 Å². The largest absolute Gasteiger partial charge is 0.480 e.